The molecule has 0 bridgehead atoms. The molecule has 200 valence electrons. The van der Waals surface area contributed by atoms with Crippen LogP contribution in [0.4, 0.5) is 21.0 Å². The first-order valence-electron chi connectivity index (χ1n) is 12.3. The highest BCUT2D eigenvalue weighted by Crippen LogP contribution is 2.44. The van der Waals surface area contributed by atoms with Gasteiger partial charge in [-0.3, -0.25) is 4.79 Å². The average molecular weight is 549 g/mol. The molecule has 39 heavy (non-hydrogen) atoms. The van der Waals surface area contributed by atoms with Crippen molar-refractivity contribution in [2.24, 2.45) is 0 Å². The molecule has 2 atom stereocenters. The highest BCUT2D eigenvalue weighted by molar-refractivity contribution is 6.31. The Morgan fingerprint density at radius 1 is 1.08 bits per heavy atom. The smallest absolute Gasteiger partial charge is 0.422 e. The third-order valence-corrected chi connectivity index (χ3v) is 7.00. The van der Waals surface area contributed by atoms with Crippen molar-refractivity contribution in [3.8, 4) is 0 Å². The molecule has 1 spiro atoms. The number of carboxylic acid groups (broad SMARTS) is 1. The lowest BCUT2D eigenvalue weighted by Crippen LogP contribution is -2.56. The maximum absolute atomic E-state index is 13.9. The second kappa shape index (κ2) is 10.8. The first-order chi connectivity index (χ1) is 18.8. The summed E-state index contributed by atoms with van der Waals surface area (Å²) in [6.45, 7) is 1.03. The number of hydrogen-bond donors (Lipinski definition) is 4. The minimum Gasteiger partial charge on any atom is -0.478 e. The van der Waals surface area contributed by atoms with Gasteiger partial charge in [-0.15, -0.1) is 0 Å². The van der Waals surface area contributed by atoms with Crippen molar-refractivity contribution < 1.29 is 29.0 Å². The molecule has 2 aliphatic heterocycles. The van der Waals surface area contributed by atoms with E-state index in [0.29, 0.717) is 41.5 Å². The Hall–Kier alpha value is -4.41. The predicted octanol–water partition coefficient (Wildman–Crippen LogP) is 4.14. The Labute approximate surface area is 228 Å². The van der Waals surface area contributed by atoms with Crippen LogP contribution in [-0.2, 0) is 21.6 Å². The number of aromatic carboxylic acids is 1. The van der Waals surface area contributed by atoms with Crippen molar-refractivity contribution in [1.29, 1.82) is 0 Å². The molecule has 0 aliphatic carbocycles. The third kappa shape index (κ3) is 5.43. The van der Waals surface area contributed by atoms with Gasteiger partial charge in [0.25, 0.3) is 5.91 Å². The van der Waals surface area contributed by atoms with Gasteiger partial charge >= 0.3 is 18.1 Å². The summed E-state index contributed by atoms with van der Waals surface area (Å²) in [4.78, 5) is 52.2. The van der Waals surface area contributed by atoms with E-state index in [2.05, 4.69) is 16.0 Å². The van der Waals surface area contributed by atoms with Gasteiger partial charge < -0.3 is 25.8 Å². The van der Waals surface area contributed by atoms with Crippen molar-refractivity contribution in [2.45, 2.75) is 24.5 Å². The first kappa shape index (κ1) is 26.2. The molecule has 10 nitrogen and oxygen atoms in total. The molecule has 0 aromatic heterocycles. The number of ether oxygens (including phenoxy) is 1. The minimum absolute atomic E-state index is 0.0655. The highest BCUT2D eigenvalue weighted by atomic mass is 35.5. The summed E-state index contributed by atoms with van der Waals surface area (Å²) in [6, 6.07) is 17.7. The Morgan fingerprint density at radius 3 is 2.49 bits per heavy atom. The number of benzene rings is 3. The van der Waals surface area contributed by atoms with Crippen LogP contribution in [0.2, 0.25) is 5.02 Å². The number of carboxylic acids is 1. The molecule has 4 amide bonds. The van der Waals surface area contributed by atoms with Gasteiger partial charge in [0.15, 0.2) is 5.60 Å². The van der Waals surface area contributed by atoms with E-state index in [0.717, 1.165) is 10.5 Å². The number of nitrogens with zero attached hydrogens (tertiary/aromatic N) is 1. The molecule has 2 heterocycles. The molecule has 1 unspecified atom stereocenters. The van der Waals surface area contributed by atoms with Gasteiger partial charge in [0.05, 0.1) is 11.3 Å². The highest BCUT2D eigenvalue weighted by Gasteiger charge is 2.49. The van der Waals surface area contributed by atoms with Gasteiger partial charge in [-0.1, -0.05) is 41.9 Å². The SMILES string of the molecule is O=C(Nc1ccc(C(=O)O)cc1)N[C@@H](Cc1ccccc1)C(=O)N1C(=O)OC2(CCNC2)c2cc(Cl)ccc21. The summed E-state index contributed by atoms with van der Waals surface area (Å²) in [6.07, 6.45) is -0.198. The van der Waals surface area contributed by atoms with E-state index in [1.54, 1.807) is 18.2 Å². The van der Waals surface area contributed by atoms with Crippen LogP contribution in [0, 0.1) is 0 Å². The van der Waals surface area contributed by atoms with Gasteiger partial charge in [0.2, 0.25) is 0 Å². The van der Waals surface area contributed by atoms with Crippen LogP contribution in [0.3, 0.4) is 0 Å². The summed E-state index contributed by atoms with van der Waals surface area (Å²) in [5.74, 6) is -1.77. The van der Waals surface area contributed by atoms with E-state index >= 15 is 0 Å². The molecule has 1 saturated heterocycles. The summed E-state index contributed by atoms with van der Waals surface area (Å²) in [5.41, 5.74) is 1.20. The van der Waals surface area contributed by atoms with Crippen molar-refractivity contribution >= 4 is 47.0 Å². The van der Waals surface area contributed by atoms with Crippen LogP contribution in [0.15, 0.2) is 72.8 Å². The van der Waals surface area contributed by atoms with Crippen LogP contribution in [-0.4, -0.2) is 48.2 Å². The number of urea groups is 1. The van der Waals surface area contributed by atoms with Crippen molar-refractivity contribution in [2.75, 3.05) is 23.3 Å². The third-order valence-electron chi connectivity index (χ3n) is 6.77. The molecule has 4 N–H and O–H groups in total. The molecular formula is C28H25ClN4O6. The summed E-state index contributed by atoms with van der Waals surface area (Å²) >= 11 is 6.28. The average Bonchev–Trinajstić information content (AvgIpc) is 3.38. The molecule has 5 rings (SSSR count). The number of carbonyl (C=O) groups excluding carboxylic acids is 3. The lowest BCUT2D eigenvalue weighted by atomic mass is 9.89. The zero-order chi connectivity index (χ0) is 27.6. The molecular weight excluding hydrogens is 524 g/mol. The monoisotopic (exact) mass is 548 g/mol. The molecule has 3 aromatic rings. The Morgan fingerprint density at radius 2 is 1.82 bits per heavy atom. The molecule has 3 aromatic carbocycles. The number of nitrogens with one attached hydrogen (secondary N) is 3. The van der Waals surface area contributed by atoms with E-state index in [-0.39, 0.29) is 12.0 Å². The van der Waals surface area contributed by atoms with E-state index in [4.69, 9.17) is 21.4 Å². The van der Waals surface area contributed by atoms with E-state index in [9.17, 15) is 19.2 Å². The number of rotatable bonds is 6. The molecule has 2 aliphatic rings. The van der Waals surface area contributed by atoms with Crippen molar-refractivity contribution in [1.82, 2.24) is 10.6 Å². The molecule has 0 saturated carbocycles. The lowest BCUT2D eigenvalue weighted by molar-refractivity contribution is -0.120. The second-order valence-corrected chi connectivity index (χ2v) is 9.78. The number of hydrogen-bond acceptors (Lipinski definition) is 6. The van der Waals surface area contributed by atoms with Crippen LogP contribution < -0.4 is 20.9 Å². The summed E-state index contributed by atoms with van der Waals surface area (Å²) in [5, 5.41) is 18.0. The maximum Gasteiger partial charge on any atom is 0.422 e. The fraction of sp³-hybridized carbons (Fsp3) is 0.214. The zero-order valence-corrected chi connectivity index (χ0v) is 21.4. The second-order valence-electron chi connectivity index (χ2n) is 9.35. The summed E-state index contributed by atoms with van der Waals surface area (Å²) < 4.78 is 5.85. The number of fused-ring (bicyclic) bond motifs is 2. The number of carbonyl (C=O) groups is 4. The molecule has 11 heteroatoms. The standard InChI is InChI=1S/C28H25ClN4O6/c29-19-8-11-23-21(15-19)28(12-13-30-16-28)39-27(38)33(23)24(34)22(14-17-4-2-1-3-5-17)32-26(37)31-20-9-6-18(7-10-20)25(35)36/h1-11,15,22,30H,12-14,16H2,(H,35,36)(H2,31,32,37)/t22-,28?/m0/s1. The number of imide groups is 1. The van der Waals surface area contributed by atoms with Gasteiger partial charge in [-0.05, 0) is 54.6 Å². The lowest BCUT2D eigenvalue weighted by Gasteiger charge is -2.40. The first-order valence-corrected chi connectivity index (χ1v) is 12.7. The number of amides is 4. The van der Waals surface area contributed by atoms with Crippen LogP contribution in [0.1, 0.15) is 27.9 Å². The Balaban J connectivity index is 1.43. The minimum atomic E-state index is -1.14. The Kier molecular flexibility index (Phi) is 7.23. The molecule has 0 radical (unpaired) electrons. The Bertz CT molecular complexity index is 1420. The van der Waals surface area contributed by atoms with E-state index < -0.39 is 35.6 Å². The summed E-state index contributed by atoms with van der Waals surface area (Å²) in [7, 11) is 0. The topological polar surface area (TPSA) is 137 Å². The fourth-order valence-corrected chi connectivity index (χ4v) is 5.03. The van der Waals surface area contributed by atoms with Gasteiger partial charge in [-0.25, -0.2) is 19.3 Å². The number of anilines is 2. The largest absolute Gasteiger partial charge is 0.478 e. The van der Waals surface area contributed by atoms with E-state index in [1.807, 2.05) is 30.3 Å². The van der Waals surface area contributed by atoms with Crippen LogP contribution in [0.5, 0.6) is 0 Å². The van der Waals surface area contributed by atoms with Crippen LogP contribution in [0.25, 0.3) is 0 Å². The van der Waals surface area contributed by atoms with Crippen molar-refractivity contribution in [3.63, 3.8) is 0 Å². The fourth-order valence-electron chi connectivity index (χ4n) is 4.86. The predicted molar refractivity (Wildman–Crippen MR) is 144 cm³/mol. The van der Waals surface area contributed by atoms with Gasteiger partial charge in [0.1, 0.15) is 6.04 Å². The van der Waals surface area contributed by atoms with Gasteiger partial charge in [-0.2, -0.15) is 0 Å². The quantitative estimate of drug-likeness (QED) is 0.363. The maximum atomic E-state index is 13.9. The molecule has 1 fully saturated rings. The normalized spacial score (nSPS) is 18.7. The van der Waals surface area contributed by atoms with Gasteiger partial charge in [0, 0.05) is 35.7 Å². The van der Waals surface area contributed by atoms with E-state index in [1.165, 1.54) is 24.3 Å². The van der Waals surface area contributed by atoms with Crippen LogP contribution >= 0.6 is 11.6 Å². The van der Waals surface area contributed by atoms with Crippen molar-refractivity contribution in [3.05, 3.63) is 94.5 Å². The zero-order valence-electron chi connectivity index (χ0n) is 20.6. The number of halogens is 1.